The smallest absolute Gasteiger partial charge is 0.135 e. The fourth-order valence-electron chi connectivity index (χ4n) is 1.93. The van der Waals surface area contributed by atoms with E-state index in [-0.39, 0.29) is 11.7 Å². The zero-order valence-corrected chi connectivity index (χ0v) is 10.1. The predicted octanol–water partition coefficient (Wildman–Crippen LogP) is 2.67. The molecule has 4 heteroatoms. The van der Waals surface area contributed by atoms with Crippen LogP contribution in [0, 0.1) is 5.82 Å². The van der Waals surface area contributed by atoms with Crippen molar-refractivity contribution in [2.45, 2.75) is 12.3 Å². The summed E-state index contributed by atoms with van der Waals surface area (Å²) in [6, 6.07) is 3.27. The number of hydrogen-bond acceptors (Lipinski definition) is 2. The highest BCUT2D eigenvalue weighted by atomic mass is 79.9. The first-order valence-corrected chi connectivity index (χ1v) is 5.75. The third-order valence-corrected chi connectivity index (χ3v) is 3.39. The van der Waals surface area contributed by atoms with Crippen LogP contribution in [-0.4, -0.2) is 20.2 Å². The SMILES string of the molecule is COc1cc(F)c(C2CCNC2)cc1Br. The van der Waals surface area contributed by atoms with Gasteiger partial charge in [0.05, 0.1) is 11.6 Å². The van der Waals surface area contributed by atoms with Gasteiger partial charge < -0.3 is 10.1 Å². The summed E-state index contributed by atoms with van der Waals surface area (Å²) in [5, 5.41) is 3.23. The zero-order valence-electron chi connectivity index (χ0n) is 8.52. The molecule has 2 rings (SSSR count). The lowest BCUT2D eigenvalue weighted by Crippen LogP contribution is -2.09. The molecule has 0 bridgehead atoms. The molecule has 1 aliphatic heterocycles. The Balaban J connectivity index is 2.35. The Bertz CT molecular complexity index is 364. The van der Waals surface area contributed by atoms with Crippen LogP contribution in [0.15, 0.2) is 16.6 Å². The van der Waals surface area contributed by atoms with E-state index in [0.717, 1.165) is 29.5 Å². The van der Waals surface area contributed by atoms with E-state index in [4.69, 9.17) is 4.74 Å². The number of rotatable bonds is 2. The molecule has 1 N–H and O–H groups in total. The van der Waals surface area contributed by atoms with Crippen LogP contribution < -0.4 is 10.1 Å². The summed E-state index contributed by atoms with van der Waals surface area (Å²) in [4.78, 5) is 0. The number of halogens is 2. The Labute approximate surface area is 96.9 Å². The van der Waals surface area contributed by atoms with Gasteiger partial charge in [-0.2, -0.15) is 0 Å². The summed E-state index contributed by atoms with van der Waals surface area (Å²) in [5.74, 6) is 0.651. The van der Waals surface area contributed by atoms with Gasteiger partial charge in [0.2, 0.25) is 0 Å². The third-order valence-electron chi connectivity index (χ3n) is 2.77. The highest BCUT2D eigenvalue weighted by Crippen LogP contribution is 2.33. The summed E-state index contributed by atoms with van der Waals surface area (Å²) >= 11 is 3.38. The molecule has 0 aliphatic carbocycles. The zero-order chi connectivity index (χ0) is 10.8. The minimum absolute atomic E-state index is 0.177. The molecule has 1 fully saturated rings. The molecular weight excluding hydrogens is 261 g/mol. The molecule has 15 heavy (non-hydrogen) atoms. The highest BCUT2D eigenvalue weighted by Gasteiger charge is 2.21. The first kappa shape index (κ1) is 10.9. The van der Waals surface area contributed by atoms with E-state index in [0.29, 0.717) is 5.75 Å². The van der Waals surface area contributed by atoms with Crippen molar-refractivity contribution in [1.82, 2.24) is 5.32 Å². The molecule has 0 radical (unpaired) electrons. The maximum absolute atomic E-state index is 13.7. The van der Waals surface area contributed by atoms with E-state index in [1.165, 1.54) is 13.2 Å². The Morgan fingerprint density at radius 1 is 1.53 bits per heavy atom. The third kappa shape index (κ3) is 2.16. The van der Waals surface area contributed by atoms with E-state index in [1.54, 1.807) is 0 Å². The van der Waals surface area contributed by atoms with Crippen molar-refractivity contribution in [3.05, 3.63) is 28.0 Å². The van der Waals surface area contributed by atoms with E-state index in [9.17, 15) is 4.39 Å². The lowest BCUT2D eigenvalue weighted by molar-refractivity contribution is 0.407. The molecule has 1 heterocycles. The lowest BCUT2D eigenvalue weighted by atomic mass is 9.98. The van der Waals surface area contributed by atoms with Crippen molar-refractivity contribution in [3.8, 4) is 5.75 Å². The molecular formula is C11H13BrFNO. The van der Waals surface area contributed by atoms with Crippen molar-refractivity contribution >= 4 is 15.9 Å². The van der Waals surface area contributed by atoms with Gasteiger partial charge in [-0.25, -0.2) is 4.39 Å². The summed E-state index contributed by atoms with van der Waals surface area (Å²) in [6.07, 6.45) is 0.996. The molecule has 1 unspecified atom stereocenters. The van der Waals surface area contributed by atoms with Gasteiger partial charge >= 0.3 is 0 Å². The van der Waals surface area contributed by atoms with E-state index in [1.807, 2.05) is 6.07 Å². The summed E-state index contributed by atoms with van der Waals surface area (Å²) in [7, 11) is 1.54. The number of nitrogens with one attached hydrogen (secondary N) is 1. The second-order valence-corrected chi connectivity index (χ2v) is 4.55. The average Bonchev–Trinajstić information content (AvgIpc) is 2.74. The number of hydrogen-bond donors (Lipinski definition) is 1. The number of methoxy groups -OCH3 is 1. The van der Waals surface area contributed by atoms with Crippen LogP contribution in [0.5, 0.6) is 5.75 Å². The van der Waals surface area contributed by atoms with Crippen molar-refractivity contribution < 1.29 is 9.13 Å². The van der Waals surface area contributed by atoms with Crippen LogP contribution in [0.3, 0.4) is 0 Å². The molecule has 1 aromatic carbocycles. The Hall–Kier alpha value is -0.610. The van der Waals surface area contributed by atoms with Crippen molar-refractivity contribution in [3.63, 3.8) is 0 Å². The molecule has 1 aliphatic rings. The fraction of sp³-hybridized carbons (Fsp3) is 0.455. The van der Waals surface area contributed by atoms with E-state index in [2.05, 4.69) is 21.2 Å². The van der Waals surface area contributed by atoms with Crippen molar-refractivity contribution in [2.24, 2.45) is 0 Å². The normalized spacial score (nSPS) is 20.6. The number of ether oxygens (including phenoxy) is 1. The second kappa shape index (κ2) is 4.49. The van der Waals surface area contributed by atoms with Gasteiger partial charge in [0.15, 0.2) is 0 Å². The van der Waals surface area contributed by atoms with Crippen molar-refractivity contribution in [1.29, 1.82) is 0 Å². The fourth-order valence-corrected chi connectivity index (χ4v) is 2.46. The van der Waals surface area contributed by atoms with Gasteiger partial charge in [0, 0.05) is 18.5 Å². The van der Waals surface area contributed by atoms with Gasteiger partial charge in [-0.15, -0.1) is 0 Å². The molecule has 1 atom stereocenters. The Kier molecular flexibility index (Phi) is 3.26. The molecule has 0 amide bonds. The summed E-state index contributed by atoms with van der Waals surface area (Å²) in [5.41, 5.74) is 0.771. The Morgan fingerprint density at radius 2 is 2.33 bits per heavy atom. The minimum atomic E-state index is -0.177. The van der Waals surface area contributed by atoms with Gasteiger partial charge in [-0.1, -0.05) is 0 Å². The first-order chi connectivity index (χ1) is 7.22. The van der Waals surface area contributed by atoms with Crippen LogP contribution in [0.1, 0.15) is 17.9 Å². The van der Waals surface area contributed by atoms with Gasteiger partial charge in [-0.3, -0.25) is 0 Å². The largest absolute Gasteiger partial charge is 0.495 e. The van der Waals surface area contributed by atoms with Crippen LogP contribution in [-0.2, 0) is 0 Å². The van der Waals surface area contributed by atoms with E-state index < -0.39 is 0 Å². The highest BCUT2D eigenvalue weighted by molar-refractivity contribution is 9.10. The molecule has 1 aromatic rings. The monoisotopic (exact) mass is 273 g/mol. The topological polar surface area (TPSA) is 21.3 Å². The van der Waals surface area contributed by atoms with Crippen LogP contribution in [0.2, 0.25) is 0 Å². The quantitative estimate of drug-likeness (QED) is 0.895. The summed E-state index contributed by atoms with van der Waals surface area (Å²) < 4.78 is 19.6. The molecule has 0 aromatic heterocycles. The first-order valence-electron chi connectivity index (χ1n) is 4.96. The maximum Gasteiger partial charge on any atom is 0.135 e. The number of benzene rings is 1. The lowest BCUT2D eigenvalue weighted by Gasteiger charge is -2.12. The van der Waals surface area contributed by atoms with Gasteiger partial charge in [0.1, 0.15) is 11.6 Å². The van der Waals surface area contributed by atoms with Gasteiger partial charge in [-0.05, 0) is 40.5 Å². The van der Waals surface area contributed by atoms with Crippen LogP contribution >= 0.6 is 15.9 Å². The molecule has 1 saturated heterocycles. The van der Waals surface area contributed by atoms with Crippen LogP contribution in [0.4, 0.5) is 4.39 Å². The maximum atomic E-state index is 13.7. The molecule has 82 valence electrons. The predicted molar refractivity (Wildman–Crippen MR) is 60.9 cm³/mol. The second-order valence-electron chi connectivity index (χ2n) is 3.70. The Morgan fingerprint density at radius 3 is 2.93 bits per heavy atom. The summed E-state index contributed by atoms with van der Waals surface area (Å²) in [6.45, 7) is 1.82. The van der Waals surface area contributed by atoms with Crippen LogP contribution in [0.25, 0.3) is 0 Å². The molecule has 0 saturated carbocycles. The van der Waals surface area contributed by atoms with Gasteiger partial charge in [0.25, 0.3) is 0 Å². The van der Waals surface area contributed by atoms with E-state index >= 15 is 0 Å². The molecule has 2 nitrogen and oxygen atoms in total. The standard InChI is InChI=1S/C11H13BrFNO/c1-15-11-5-10(13)8(4-9(11)12)7-2-3-14-6-7/h4-5,7,14H,2-3,6H2,1H3. The molecule has 0 spiro atoms. The minimum Gasteiger partial charge on any atom is -0.495 e. The average molecular weight is 274 g/mol. The van der Waals surface area contributed by atoms with Crippen molar-refractivity contribution in [2.75, 3.05) is 20.2 Å².